The minimum absolute atomic E-state index is 0.0728. The molecule has 2 aromatic heterocycles. The van der Waals surface area contributed by atoms with E-state index in [-0.39, 0.29) is 12.0 Å². The molecule has 7 nitrogen and oxygen atoms in total. The summed E-state index contributed by atoms with van der Waals surface area (Å²) >= 11 is 1.47. The number of hydrazine groups is 2. The molecule has 2 aliphatic rings. The van der Waals surface area contributed by atoms with Crippen molar-refractivity contribution in [3.63, 3.8) is 0 Å². The highest BCUT2D eigenvalue weighted by molar-refractivity contribution is 7.99. The molecule has 0 amide bonds. The summed E-state index contributed by atoms with van der Waals surface area (Å²) in [5.41, 5.74) is 9.95. The van der Waals surface area contributed by atoms with Crippen LogP contribution in [0.15, 0.2) is 59.1 Å². The molecule has 1 saturated carbocycles. The van der Waals surface area contributed by atoms with Gasteiger partial charge in [-0.1, -0.05) is 12.1 Å². The number of anilines is 2. The van der Waals surface area contributed by atoms with E-state index >= 15 is 0 Å². The number of benzene rings is 1. The summed E-state index contributed by atoms with van der Waals surface area (Å²) in [7, 11) is 0. The Morgan fingerprint density at radius 2 is 2.00 bits per heavy atom. The predicted octanol–water partition coefficient (Wildman–Crippen LogP) is 4.42. The molecule has 1 saturated heterocycles. The number of hydrogen-bond donors (Lipinski definition) is 3. The number of nitrogens with zero attached hydrogens (tertiary/aromatic N) is 4. The fraction of sp³-hybridized carbons (Fsp3) is 0.375. The van der Waals surface area contributed by atoms with Crippen molar-refractivity contribution in [1.29, 1.82) is 0 Å². The van der Waals surface area contributed by atoms with Gasteiger partial charge in [-0.2, -0.15) is 5.53 Å². The predicted molar refractivity (Wildman–Crippen MR) is 131 cm³/mol. The third-order valence-corrected chi connectivity index (χ3v) is 6.94. The molecule has 5 rings (SSSR count). The molecule has 1 unspecified atom stereocenters. The Morgan fingerprint density at radius 1 is 1.18 bits per heavy atom. The van der Waals surface area contributed by atoms with Gasteiger partial charge in [0.05, 0.1) is 18.6 Å². The fourth-order valence-corrected chi connectivity index (χ4v) is 4.76. The first-order valence-electron chi connectivity index (χ1n) is 11.2. The van der Waals surface area contributed by atoms with Crippen molar-refractivity contribution < 1.29 is 4.39 Å². The van der Waals surface area contributed by atoms with Crippen LogP contribution in [0, 0.1) is 12.8 Å². The zero-order valence-corrected chi connectivity index (χ0v) is 19.6. The highest BCUT2D eigenvalue weighted by atomic mass is 32.2. The van der Waals surface area contributed by atoms with E-state index in [1.165, 1.54) is 11.8 Å². The molecule has 1 aromatic carbocycles. The Hall–Kier alpha value is -2.75. The third kappa shape index (κ3) is 4.95. The van der Waals surface area contributed by atoms with Crippen molar-refractivity contribution in [2.75, 3.05) is 23.4 Å². The monoisotopic (exact) mass is 465 g/mol. The molecular formula is C24H28FN7S. The molecule has 1 aliphatic carbocycles. The number of rotatable bonds is 9. The van der Waals surface area contributed by atoms with Crippen LogP contribution in [-0.2, 0) is 0 Å². The molecule has 1 aliphatic heterocycles. The third-order valence-electron chi connectivity index (χ3n) is 6.09. The maximum Gasteiger partial charge on any atom is 0.196 e. The van der Waals surface area contributed by atoms with E-state index in [0.29, 0.717) is 24.1 Å². The highest BCUT2D eigenvalue weighted by Crippen LogP contribution is 2.48. The van der Waals surface area contributed by atoms with E-state index in [1.807, 2.05) is 43.0 Å². The number of pyridine rings is 1. The Labute approximate surface area is 197 Å². The quantitative estimate of drug-likeness (QED) is 0.244. The summed E-state index contributed by atoms with van der Waals surface area (Å²) < 4.78 is 14.9. The molecule has 2 fully saturated rings. The van der Waals surface area contributed by atoms with E-state index in [1.54, 1.807) is 6.08 Å². The van der Waals surface area contributed by atoms with Gasteiger partial charge in [0, 0.05) is 28.1 Å². The largest absolute Gasteiger partial charge is 0.350 e. The van der Waals surface area contributed by atoms with E-state index in [2.05, 4.69) is 45.1 Å². The van der Waals surface area contributed by atoms with Crippen LogP contribution in [0.25, 0.3) is 10.9 Å². The smallest absolute Gasteiger partial charge is 0.196 e. The molecule has 172 valence electrons. The number of alkyl halides is 1. The molecule has 9 heteroatoms. The zero-order chi connectivity index (χ0) is 23.0. The topological polar surface area (TPSA) is 78.0 Å². The molecule has 3 N–H and O–H groups in total. The second kappa shape index (κ2) is 8.89. The number of halogens is 1. The molecule has 0 bridgehead atoms. The van der Waals surface area contributed by atoms with Crippen molar-refractivity contribution in [2.24, 2.45) is 5.92 Å². The van der Waals surface area contributed by atoms with E-state index in [9.17, 15) is 4.39 Å². The molecule has 33 heavy (non-hydrogen) atoms. The molecule has 0 radical (unpaired) electrons. The Balaban J connectivity index is 1.37. The van der Waals surface area contributed by atoms with Gasteiger partial charge in [-0.3, -0.25) is 10.4 Å². The van der Waals surface area contributed by atoms with Gasteiger partial charge in [-0.25, -0.2) is 19.8 Å². The maximum atomic E-state index is 14.9. The number of hydrogen-bond acceptors (Lipinski definition) is 8. The van der Waals surface area contributed by atoms with Crippen molar-refractivity contribution in [3.8, 4) is 0 Å². The summed E-state index contributed by atoms with van der Waals surface area (Å²) in [6.45, 7) is 8.49. The average molecular weight is 466 g/mol. The van der Waals surface area contributed by atoms with Crippen LogP contribution in [0.3, 0.4) is 0 Å². The number of nitrogens with one attached hydrogen (secondary N) is 3. The lowest BCUT2D eigenvalue weighted by Crippen LogP contribution is -2.60. The minimum Gasteiger partial charge on any atom is -0.350 e. The summed E-state index contributed by atoms with van der Waals surface area (Å²) in [5, 5.41) is 1.66. The second-order valence-electron chi connectivity index (χ2n) is 8.89. The van der Waals surface area contributed by atoms with Crippen molar-refractivity contribution in [1.82, 2.24) is 25.9 Å². The molecular weight excluding hydrogens is 437 g/mol. The zero-order valence-electron chi connectivity index (χ0n) is 18.8. The van der Waals surface area contributed by atoms with Crippen molar-refractivity contribution in [2.45, 2.75) is 48.5 Å². The van der Waals surface area contributed by atoms with Gasteiger partial charge in [0.15, 0.2) is 5.16 Å². The standard InChI is InChI=1S/C24H28FN7S/c1-4-15(2)29-31-30-21-12-22(32-13-24(25,14-32)18-7-8-18)28-23(27-21)33-19-9-10-20-17(11-19)6-5-16(3)26-20/h4-6,9-12,15,18,29,31H,1,7-8,13-14H2,2-3H3,(H,27,28,30). The first kappa shape index (κ1) is 22.1. The van der Waals surface area contributed by atoms with Gasteiger partial charge < -0.3 is 4.90 Å². The lowest BCUT2D eigenvalue weighted by molar-refractivity contribution is 0.0924. The van der Waals surface area contributed by atoms with Crippen molar-refractivity contribution in [3.05, 3.63) is 54.7 Å². The molecule has 3 heterocycles. The summed E-state index contributed by atoms with van der Waals surface area (Å²) in [6, 6.07) is 12.1. The summed E-state index contributed by atoms with van der Waals surface area (Å²) in [5.74, 6) is 1.54. The molecule has 3 aromatic rings. The van der Waals surface area contributed by atoms with Gasteiger partial charge >= 0.3 is 0 Å². The lowest BCUT2D eigenvalue weighted by Gasteiger charge is -2.45. The Morgan fingerprint density at radius 3 is 2.76 bits per heavy atom. The number of fused-ring (bicyclic) bond motifs is 1. The molecule has 1 atom stereocenters. The summed E-state index contributed by atoms with van der Waals surface area (Å²) in [4.78, 5) is 17.0. The van der Waals surface area contributed by atoms with Crippen molar-refractivity contribution >= 4 is 34.3 Å². The number of aryl methyl sites for hydroxylation is 1. The van der Waals surface area contributed by atoms with E-state index < -0.39 is 5.67 Å². The van der Waals surface area contributed by atoms with Crippen LogP contribution < -0.4 is 21.3 Å². The second-order valence-corrected chi connectivity index (χ2v) is 9.93. The van der Waals surface area contributed by atoms with Crippen LogP contribution in [0.5, 0.6) is 0 Å². The van der Waals surface area contributed by atoms with Crippen LogP contribution in [0.4, 0.5) is 16.0 Å². The minimum atomic E-state index is -1.07. The van der Waals surface area contributed by atoms with Gasteiger partial charge in [0.25, 0.3) is 0 Å². The Kier molecular flexibility index (Phi) is 5.94. The van der Waals surface area contributed by atoms with E-state index in [4.69, 9.17) is 4.98 Å². The van der Waals surface area contributed by atoms with E-state index in [0.717, 1.165) is 40.2 Å². The van der Waals surface area contributed by atoms with Crippen LogP contribution in [0.2, 0.25) is 0 Å². The first-order chi connectivity index (χ1) is 15.9. The van der Waals surface area contributed by atoms with Crippen LogP contribution in [-0.4, -0.2) is 39.8 Å². The normalized spacial score (nSPS) is 18.1. The van der Waals surface area contributed by atoms with Gasteiger partial charge in [0.1, 0.15) is 17.3 Å². The highest BCUT2D eigenvalue weighted by Gasteiger charge is 2.54. The Bertz CT molecular complexity index is 1180. The maximum absolute atomic E-state index is 14.9. The van der Waals surface area contributed by atoms with Gasteiger partial charge in [-0.15, -0.1) is 6.58 Å². The number of aromatic nitrogens is 3. The van der Waals surface area contributed by atoms with Gasteiger partial charge in [-0.05, 0) is 68.6 Å². The fourth-order valence-electron chi connectivity index (χ4n) is 3.94. The average Bonchev–Trinajstić information content (AvgIpc) is 3.62. The van der Waals surface area contributed by atoms with Crippen LogP contribution in [0.1, 0.15) is 25.5 Å². The SMILES string of the molecule is C=CC(C)NNNc1cc(N2CC(F)(C3CC3)C2)nc(Sc2ccc3nc(C)ccc3c2)n1. The van der Waals surface area contributed by atoms with Gasteiger partial charge in [0.2, 0.25) is 0 Å². The molecule has 0 spiro atoms. The van der Waals surface area contributed by atoms with Crippen LogP contribution >= 0.6 is 11.8 Å². The first-order valence-corrected chi connectivity index (χ1v) is 12.0. The summed E-state index contributed by atoms with van der Waals surface area (Å²) in [6.07, 6.45) is 3.78. The lowest BCUT2D eigenvalue weighted by atomic mass is 9.91.